The van der Waals surface area contributed by atoms with Gasteiger partial charge >= 0.3 is 8.56 Å². The fraction of sp³-hybridized carbons (Fsp3) is 0.909. The van der Waals surface area contributed by atoms with E-state index in [0.29, 0.717) is 19.8 Å². The molecule has 0 fully saturated rings. The average molecular weight is 260 g/mol. The second-order valence-electron chi connectivity index (χ2n) is 3.83. The van der Waals surface area contributed by atoms with Crippen molar-refractivity contribution in [2.24, 2.45) is 4.99 Å². The fourth-order valence-corrected chi connectivity index (χ4v) is 4.05. The lowest BCUT2D eigenvalue weighted by molar-refractivity contribution is 0.188. The Hall–Kier alpha value is -0.523. The van der Waals surface area contributed by atoms with Crippen LogP contribution in [0.1, 0.15) is 20.3 Å². The normalized spacial score (nSPS) is 11.2. The Morgan fingerprint density at radius 2 is 1.88 bits per heavy atom. The van der Waals surface area contributed by atoms with Crippen LogP contribution in [-0.4, -0.2) is 47.5 Å². The number of rotatable bonds is 11. The van der Waals surface area contributed by atoms with Crippen molar-refractivity contribution in [2.75, 3.05) is 32.8 Å². The first kappa shape index (κ1) is 16.5. The second kappa shape index (κ2) is 10.6. The first-order valence-electron chi connectivity index (χ1n) is 6.20. The van der Waals surface area contributed by atoms with Crippen LogP contribution in [0.2, 0.25) is 12.6 Å². The predicted octanol–water partition coefficient (Wildman–Crippen LogP) is 1.45. The molecule has 0 atom stereocenters. The molecule has 0 rings (SSSR count). The zero-order valence-electron chi connectivity index (χ0n) is 11.1. The maximum absolute atomic E-state index is 9.82. The first-order chi connectivity index (χ1) is 8.18. The largest absolute Gasteiger partial charge is 0.395 e. The molecule has 17 heavy (non-hydrogen) atoms. The van der Waals surface area contributed by atoms with Crippen molar-refractivity contribution in [3.8, 4) is 0 Å². The van der Waals surface area contributed by atoms with E-state index >= 15 is 0 Å². The molecule has 100 valence electrons. The topological polar surface area (TPSA) is 59.9 Å². The van der Waals surface area contributed by atoms with Gasteiger partial charge in [0.05, 0.1) is 6.54 Å². The zero-order chi connectivity index (χ0) is 13.0. The third-order valence-corrected chi connectivity index (χ3v) is 5.41. The van der Waals surface area contributed by atoms with Gasteiger partial charge in [-0.15, -0.1) is 0 Å². The van der Waals surface area contributed by atoms with Crippen LogP contribution >= 0.6 is 0 Å². The molecule has 0 saturated heterocycles. The highest BCUT2D eigenvalue weighted by molar-refractivity contribution is 6.66. The van der Waals surface area contributed by atoms with Crippen LogP contribution in [0.5, 0.6) is 0 Å². The van der Waals surface area contributed by atoms with Crippen molar-refractivity contribution in [3.63, 3.8) is 0 Å². The lowest BCUT2D eigenvalue weighted by Gasteiger charge is -2.25. The lowest BCUT2D eigenvalue weighted by atomic mass is 10.4. The van der Waals surface area contributed by atoms with Crippen molar-refractivity contribution in [1.29, 1.82) is 0 Å². The number of nitrogens with one attached hydrogen (secondary N) is 1. The van der Waals surface area contributed by atoms with E-state index in [1.54, 1.807) is 0 Å². The van der Waals surface area contributed by atoms with Crippen molar-refractivity contribution < 1.29 is 13.6 Å². The summed E-state index contributed by atoms with van der Waals surface area (Å²) in [7, 11) is -1.95. The first-order valence-corrected chi connectivity index (χ1v) is 8.73. The van der Waals surface area contributed by atoms with Crippen LogP contribution in [-0.2, 0) is 13.6 Å². The summed E-state index contributed by atoms with van der Waals surface area (Å²) in [4.78, 5) is 13.3. The second-order valence-corrected chi connectivity index (χ2v) is 7.17. The molecule has 0 saturated carbocycles. The van der Waals surface area contributed by atoms with Crippen LogP contribution in [0.4, 0.5) is 0 Å². The molecule has 0 unspecified atom stereocenters. The van der Waals surface area contributed by atoms with E-state index < -0.39 is 8.56 Å². The van der Waals surface area contributed by atoms with E-state index in [-0.39, 0.29) is 0 Å². The highest BCUT2D eigenvalue weighted by Gasteiger charge is 2.29. The standard InChI is InChI=1S/C11H24N2O3Si/c1-4-15-17(3,16-5-2)10-6-7-12-8-9-13-11-14/h12H,4-10H2,1-3H3. The van der Waals surface area contributed by atoms with Gasteiger partial charge < -0.3 is 14.2 Å². The molecule has 0 aliphatic rings. The molecular formula is C11H24N2O3Si. The quantitative estimate of drug-likeness (QED) is 0.264. The van der Waals surface area contributed by atoms with E-state index in [2.05, 4.69) is 16.9 Å². The van der Waals surface area contributed by atoms with Gasteiger partial charge in [-0.1, -0.05) is 0 Å². The Labute approximate surface area is 105 Å². The average Bonchev–Trinajstić information content (AvgIpc) is 2.28. The number of hydrogen-bond acceptors (Lipinski definition) is 5. The Morgan fingerprint density at radius 3 is 2.41 bits per heavy atom. The Morgan fingerprint density at radius 1 is 1.24 bits per heavy atom. The number of nitrogens with zero attached hydrogens (tertiary/aromatic N) is 1. The van der Waals surface area contributed by atoms with Gasteiger partial charge in [0.15, 0.2) is 0 Å². The summed E-state index contributed by atoms with van der Waals surface area (Å²) < 4.78 is 11.5. The van der Waals surface area contributed by atoms with Gasteiger partial charge in [0.25, 0.3) is 0 Å². The highest BCUT2D eigenvalue weighted by Crippen LogP contribution is 2.15. The molecule has 0 aromatic carbocycles. The molecule has 0 aliphatic heterocycles. The van der Waals surface area contributed by atoms with Gasteiger partial charge in [-0.3, -0.25) is 0 Å². The third kappa shape index (κ3) is 9.20. The third-order valence-electron chi connectivity index (χ3n) is 2.35. The van der Waals surface area contributed by atoms with Gasteiger partial charge in [-0.05, 0) is 39.4 Å². The summed E-state index contributed by atoms with van der Waals surface area (Å²) in [6.07, 6.45) is 2.54. The Bertz CT molecular complexity index is 227. The van der Waals surface area contributed by atoms with Crippen molar-refractivity contribution >= 4 is 14.6 Å². The maximum atomic E-state index is 9.82. The molecule has 5 nitrogen and oxygen atoms in total. The monoisotopic (exact) mass is 260 g/mol. The van der Waals surface area contributed by atoms with Crippen molar-refractivity contribution in [2.45, 2.75) is 32.9 Å². The van der Waals surface area contributed by atoms with Crippen LogP contribution < -0.4 is 5.32 Å². The molecule has 6 heteroatoms. The highest BCUT2D eigenvalue weighted by atomic mass is 28.4. The lowest BCUT2D eigenvalue weighted by Crippen LogP contribution is -2.39. The minimum absolute atomic E-state index is 0.495. The van der Waals surface area contributed by atoms with Gasteiger partial charge in [-0.2, -0.15) is 0 Å². The van der Waals surface area contributed by atoms with Crippen LogP contribution in [0, 0.1) is 0 Å². The van der Waals surface area contributed by atoms with E-state index in [9.17, 15) is 4.79 Å². The van der Waals surface area contributed by atoms with E-state index in [1.807, 2.05) is 13.8 Å². The van der Waals surface area contributed by atoms with E-state index in [4.69, 9.17) is 8.85 Å². The molecule has 0 radical (unpaired) electrons. The number of carbonyl (C=O) groups excluding carboxylic acids is 1. The minimum Gasteiger partial charge on any atom is -0.395 e. The molecule has 0 aromatic heterocycles. The molecule has 0 aliphatic carbocycles. The Balaban J connectivity index is 3.63. The van der Waals surface area contributed by atoms with Gasteiger partial charge in [0, 0.05) is 19.8 Å². The summed E-state index contributed by atoms with van der Waals surface area (Å²) in [6, 6.07) is 0.985. The van der Waals surface area contributed by atoms with E-state index in [0.717, 1.165) is 25.6 Å². The number of hydrogen-bond donors (Lipinski definition) is 1. The molecule has 0 amide bonds. The summed E-state index contributed by atoms with van der Waals surface area (Å²) in [5, 5.41) is 3.22. The summed E-state index contributed by atoms with van der Waals surface area (Å²) in [6.45, 7) is 9.65. The molecule has 1 N–H and O–H groups in total. The molecule has 0 bridgehead atoms. The number of isocyanates is 1. The van der Waals surface area contributed by atoms with Crippen LogP contribution in [0.25, 0.3) is 0 Å². The van der Waals surface area contributed by atoms with Crippen LogP contribution in [0.3, 0.4) is 0 Å². The summed E-state index contributed by atoms with van der Waals surface area (Å²) in [5.74, 6) is 0. The molecular weight excluding hydrogens is 236 g/mol. The van der Waals surface area contributed by atoms with Crippen molar-refractivity contribution in [3.05, 3.63) is 0 Å². The molecule has 0 aromatic rings. The van der Waals surface area contributed by atoms with Crippen LogP contribution in [0.15, 0.2) is 4.99 Å². The van der Waals surface area contributed by atoms with Gasteiger partial charge in [0.2, 0.25) is 6.08 Å². The number of aliphatic imine (C=N–C) groups is 1. The molecule has 0 spiro atoms. The fourth-order valence-electron chi connectivity index (χ4n) is 1.64. The predicted molar refractivity (Wildman–Crippen MR) is 70.2 cm³/mol. The zero-order valence-corrected chi connectivity index (χ0v) is 12.1. The molecule has 0 heterocycles. The summed E-state index contributed by atoms with van der Waals surface area (Å²) >= 11 is 0. The minimum atomic E-state index is -1.95. The Kier molecular flexibility index (Phi) is 10.3. The van der Waals surface area contributed by atoms with Gasteiger partial charge in [0.1, 0.15) is 0 Å². The van der Waals surface area contributed by atoms with Gasteiger partial charge in [-0.25, -0.2) is 9.79 Å². The SMILES string of the molecule is CCO[Si](C)(CCCNCCN=C=O)OCC. The smallest absolute Gasteiger partial charge is 0.334 e. The maximum Gasteiger partial charge on any atom is 0.334 e. The van der Waals surface area contributed by atoms with Crippen molar-refractivity contribution in [1.82, 2.24) is 5.32 Å². The van der Waals surface area contributed by atoms with E-state index in [1.165, 1.54) is 6.08 Å². The summed E-state index contributed by atoms with van der Waals surface area (Å²) in [5.41, 5.74) is 0.